The summed E-state index contributed by atoms with van der Waals surface area (Å²) in [5.74, 6) is 0.973. The highest BCUT2D eigenvalue weighted by Gasteiger charge is 1.98. The van der Waals surface area contributed by atoms with Crippen LogP contribution in [0.4, 0.5) is 0 Å². The lowest BCUT2D eigenvalue weighted by Gasteiger charge is -2.04. The molecule has 0 unspecified atom stereocenters. The van der Waals surface area contributed by atoms with Gasteiger partial charge in [0.05, 0.1) is 6.26 Å². The van der Waals surface area contributed by atoms with Gasteiger partial charge in [0.25, 0.3) is 0 Å². The summed E-state index contributed by atoms with van der Waals surface area (Å²) >= 11 is 0. The van der Waals surface area contributed by atoms with E-state index in [1.807, 2.05) is 42.5 Å². The monoisotopic (exact) mass is 184 g/mol. The molecule has 70 valence electrons. The standard InChI is InChI=1S/C13H12O/c1-3-7-12(8-4-1)11-13-9-5-2-6-10-14-13/h1-10H,11H2. The molecule has 0 spiro atoms. The van der Waals surface area contributed by atoms with Crippen LogP contribution < -0.4 is 0 Å². The maximum atomic E-state index is 5.42. The first-order valence-corrected chi connectivity index (χ1v) is 4.68. The summed E-state index contributed by atoms with van der Waals surface area (Å²) in [6, 6.07) is 10.3. The van der Waals surface area contributed by atoms with E-state index in [-0.39, 0.29) is 0 Å². The van der Waals surface area contributed by atoms with Gasteiger partial charge in [0, 0.05) is 6.42 Å². The first-order valence-electron chi connectivity index (χ1n) is 4.68. The molecule has 1 heteroatoms. The molecule has 0 amide bonds. The third-order valence-corrected chi connectivity index (χ3v) is 2.02. The van der Waals surface area contributed by atoms with Gasteiger partial charge in [-0.2, -0.15) is 0 Å². The quantitative estimate of drug-likeness (QED) is 0.685. The largest absolute Gasteiger partial charge is 0.469 e. The van der Waals surface area contributed by atoms with Crippen molar-refractivity contribution >= 4 is 0 Å². The second-order valence-corrected chi connectivity index (χ2v) is 3.13. The number of allylic oxidation sites excluding steroid dienone is 5. The van der Waals surface area contributed by atoms with Crippen molar-refractivity contribution in [2.24, 2.45) is 0 Å². The number of benzene rings is 1. The van der Waals surface area contributed by atoms with Crippen LogP contribution in [0, 0.1) is 0 Å². The zero-order valence-electron chi connectivity index (χ0n) is 7.89. The van der Waals surface area contributed by atoms with Gasteiger partial charge < -0.3 is 4.74 Å². The van der Waals surface area contributed by atoms with Crippen LogP contribution >= 0.6 is 0 Å². The van der Waals surface area contributed by atoms with Crippen molar-refractivity contribution < 1.29 is 4.74 Å². The molecular weight excluding hydrogens is 172 g/mol. The molecule has 0 bridgehead atoms. The van der Waals surface area contributed by atoms with Gasteiger partial charge in [-0.15, -0.1) is 0 Å². The van der Waals surface area contributed by atoms with Gasteiger partial charge in [-0.05, 0) is 17.7 Å². The van der Waals surface area contributed by atoms with Crippen molar-refractivity contribution in [1.82, 2.24) is 0 Å². The van der Waals surface area contributed by atoms with E-state index in [9.17, 15) is 0 Å². The number of hydrogen-bond acceptors (Lipinski definition) is 1. The minimum absolute atomic E-state index is 0.843. The molecule has 1 aromatic rings. The lowest BCUT2D eigenvalue weighted by molar-refractivity contribution is 0.342. The van der Waals surface area contributed by atoms with Gasteiger partial charge in [0.15, 0.2) is 0 Å². The summed E-state index contributed by atoms with van der Waals surface area (Å²) in [5.41, 5.74) is 1.27. The minimum atomic E-state index is 0.843. The zero-order chi connectivity index (χ0) is 9.64. The Labute approximate surface area is 84.0 Å². The Morgan fingerprint density at radius 3 is 2.64 bits per heavy atom. The van der Waals surface area contributed by atoms with Crippen molar-refractivity contribution in [3.63, 3.8) is 0 Å². The Hall–Kier alpha value is -1.76. The number of rotatable bonds is 2. The highest BCUT2D eigenvalue weighted by molar-refractivity contribution is 5.24. The molecule has 0 saturated heterocycles. The normalized spacial score (nSPS) is 14.4. The highest BCUT2D eigenvalue weighted by Crippen LogP contribution is 2.11. The van der Waals surface area contributed by atoms with E-state index in [1.54, 1.807) is 6.26 Å². The molecule has 1 nitrogen and oxygen atoms in total. The average molecular weight is 184 g/mol. The Bertz CT molecular complexity index is 371. The zero-order valence-corrected chi connectivity index (χ0v) is 7.89. The van der Waals surface area contributed by atoms with Crippen molar-refractivity contribution in [1.29, 1.82) is 0 Å². The lowest BCUT2D eigenvalue weighted by Crippen LogP contribution is -1.91. The minimum Gasteiger partial charge on any atom is -0.469 e. The fourth-order valence-corrected chi connectivity index (χ4v) is 1.34. The Morgan fingerprint density at radius 2 is 1.79 bits per heavy atom. The smallest absolute Gasteiger partial charge is 0.108 e. The maximum absolute atomic E-state index is 5.42. The second kappa shape index (κ2) is 4.47. The Balaban J connectivity index is 2.08. The van der Waals surface area contributed by atoms with Gasteiger partial charge in [-0.25, -0.2) is 0 Å². The molecule has 14 heavy (non-hydrogen) atoms. The Morgan fingerprint density at radius 1 is 0.929 bits per heavy atom. The molecule has 0 fully saturated rings. The lowest BCUT2D eigenvalue weighted by atomic mass is 10.1. The van der Waals surface area contributed by atoms with Gasteiger partial charge >= 0.3 is 0 Å². The van der Waals surface area contributed by atoms with Crippen molar-refractivity contribution in [2.45, 2.75) is 6.42 Å². The summed E-state index contributed by atoms with van der Waals surface area (Å²) in [4.78, 5) is 0. The molecule has 1 aliphatic heterocycles. The van der Waals surface area contributed by atoms with E-state index in [0.717, 1.165) is 12.2 Å². The van der Waals surface area contributed by atoms with E-state index >= 15 is 0 Å². The van der Waals surface area contributed by atoms with Crippen LogP contribution in [-0.4, -0.2) is 0 Å². The summed E-state index contributed by atoms with van der Waals surface area (Å²) in [5, 5.41) is 0. The third-order valence-electron chi connectivity index (χ3n) is 2.02. The summed E-state index contributed by atoms with van der Waals surface area (Å²) in [6.45, 7) is 0. The maximum Gasteiger partial charge on any atom is 0.108 e. The summed E-state index contributed by atoms with van der Waals surface area (Å²) < 4.78 is 5.42. The predicted octanol–water partition coefficient (Wildman–Crippen LogP) is 3.21. The van der Waals surface area contributed by atoms with Crippen LogP contribution in [-0.2, 0) is 11.2 Å². The fourth-order valence-electron chi connectivity index (χ4n) is 1.34. The van der Waals surface area contributed by atoms with E-state index in [1.165, 1.54) is 5.56 Å². The van der Waals surface area contributed by atoms with Crippen molar-refractivity contribution in [3.8, 4) is 0 Å². The van der Waals surface area contributed by atoms with Crippen LogP contribution in [0.15, 0.2) is 66.7 Å². The molecule has 0 N–H and O–H groups in total. The molecule has 0 atom stereocenters. The third kappa shape index (κ3) is 2.36. The van der Waals surface area contributed by atoms with Crippen molar-refractivity contribution in [3.05, 3.63) is 72.2 Å². The van der Waals surface area contributed by atoms with Crippen LogP contribution in [0.25, 0.3) is 0 Å². The van der Waals surface area contributed by atoms with Crippen LogP contribution in [0.1, 0.15) is 5.56 Å². The highest BCUT2D eigenvalue weighted by atomic mass is 16.5. The molecule has 0 radical (unpaired) electrons. The molecule has 1 heterocycles. The molecule has 0 aromatic heterocycles. The van der Waals surface area contributed by atoms with Crippen LogP contribution in [0.2, 0.25) is 0 Å². The molecule has 1 aromatic carbocycles. The summed E-state index contributed by atoms with van der Waals surface area (Å²) in [6.07, 6.45) is 10.4. The topological polar surface area (TPSA) is 9.23 Å². The Kier molecular flexibility index (Phi) is 2.82. The molecule has 1 aliphatic rings. The molecular formula is C13H12O. The van der Waals surface area contributed by atoms with Gasteiger partial charge in [-0.3, -0.25) is 0 Å². The van der Waals surface area contributed by atoms with Gasteiger partial charge in [0.2, 0.25) is 0 Å². The van der Waals surface area contributed by atoms with Crippen molar-refractivity contribution in [2.75, 3.05) is 0 Å². The SMILES string of the molecule is C1=CC=C(Cc2ccccc2)OC=C1. The van der Waals surface area contributed by atoms with Crippen LogP contribution in [0.5, 0.6) is 0 Å². The first kappa shape index (κ1) is 8.82. The first-order chi connectivity index (χ1) is 6.95. The molecule has 2 rings (SSSR count). The second-order valence-electron chi connectivity index (χ2n) is 3.13. The van der Waals surface area contributed by atoms with E-state index < -0.39 is 0 Å². The van der Waals surface area contributed by atoms with Gasteiger partial charge in [0.1, 0.15) is 5.76 Å². The summed E-state index contributed by atoms with van der Waals surface area (Å²) in [7, 11) is 0. The average Bonchev–Trinajstić information content (AvgIpc) is 2.48. The van der Waals surface area contributed by atoms with Crippen LogP contribution in [0.3, 0.4) is 0 Å². The van der Waals surface area contributed by atoms with E-state index in [0.29, 0.717) is 0 Å². The number of ether oxygens (including phenoxy) is 1. The van der Waals surface area contributed by atoms with E-state index in [4.69, 9.17) is 4.74 Å². The molecule has 0 saturated carbocycles. The molecule has 0 aliphatic carbocycles. The van der Waals surface area contributed by atoms with E-state index in [2.05, 4.69) is 12.1 Å². The predicted molar refractivity (Wildman–Crippen MR) is 57.6 cm³/mol. The number of hydrogen-bond donors (Lipinski definition) is 0. The fraction of sp³-hybridized carbons (Fsp3) is 0.0769. The van der Waals surface area contributed by atoms with Gasteiger partial charge in [-0.1, -0.05) is 42.5 Å².